The van der Waals surface area contributed by atoms with E-state index >= 15 is 0 Å². The average Bonchev–Trinajstić information content (AvgIpc) is 3.00. The zero-order valence-corrected chi connectivity index (χ0v) is 10.9. The summed E-state index contributed by atoms with van der Waals surface area (Å²) in [5.41, 5.74) is 5.61. The maximum atomic E-state index is 12.1. The van der Waals surface area contributed by atoms with Crippen molar-refractivity contribution in [1.82, 2.24) is 14.9 Å². The molecular weight excluding hydrogens is 228 g/mol. The van der Waals surface area contributed by atoms with Crippen LogP contribution in [0.15, 0.2) is 18.7 Å². The van der Waals surface area contributed by atoms with Crippen molar-refractivity contribution in [3.8, 4) is 0 Å². The lowest BCUT2D eigenvalue weighted by atomic mass is 10.0. The van der Waals surface area contributed by atoms with Crippen LogP contribution in [0.1, 0.15) is 38.6 Å². The second-order valence-corrected chi connectivity index (χ2v) is 4.96. The van der Waals surface area contributed by atoms with Crippen LogP contribution in [0.4, 0.5) is 0 Å². The SMILES string of the molecule is CCC(CN)C(=O)NC1CCCC1n1ccnc1. The molecule has 2 rings (SSSR count). The molecule has 1 heterocycles. The molecule has 1 aliphatic rings. The summed E-state index contributed by atoms with van der Waals surface area (Å²) in [5, 5.41) is 3.15. The Bertz CT molecular complexity index is 372. The van der Waals surface area contributed by atoms with Gasteiger partial charge in [0, 0.05) is 30.9 Å². The summed E-state index contributed by atoms with van der Waals surface area (Å²) in [6.45, 7) is 2.42. The number of hydrogen-bond acceptors (Lipinski definition) is 3. The number of nitrogens with zero attached hydrogens (tertiary/aromatic N) is 2. The quantitative estimate of drug-likeness (QED) is 0.821. The van der Waals surface area contributed by atoms with E-state index in [1.807, 2.05) is 19.4 Å². The van der Waals surface area contributed by atoms with Crippen molar-refractivity contribution in [2.24, 2.45) is 11.7 Å². The zero-order chi connectivity index (χ0) is 13.0. The maximum absolute atomic E-state index is 12.1. The maximum Gasteiger partial charge on any atom is 0.224 e. The number of amides is 1. The first-order chi connectivity index (χ1) is 8.76. The molecule has 1 saturated carbocycles. The van der Waals surface area contributed by atoms with E-state index in [9.17, 15) is 4.79 Å². The van der Waals surface area contributed by atoms with Gasteiger partial charge in [-0.2, -0.15) is 0 Å². The third-order valence-electron chi connectivity index (χ3n) is 3.86. The Morgan fingerprint density at radius 1 is 1.61 bits per heavy atom. The molecule has 0 aromatic carbocycles. The Labute approximate surface area is 108 Å². The van der Waals surface area contributed by atoms with Crippen LogP contribution in [0.5, 0.6) is 0 Å². The summed E-state index contributed by atoms with van der Waals surface area (Å²) >= 11 is 0. The van der Waals surface area contributed by atoms with Gasteiger partial charge in [0.05, 0.1) is 12.4 Å². The summed E-state index contributed by atoms with van der Waals surface area (Å²) in [7, 11) is 0. The van der Waals surface area contributed by atoms with E-state index in [2.05, 4.69) is 14.9 Å². The van der Waals surface area contributed by atoms with Crippen LogP contribution < -0.4 is 11.1 Å². The van der Waals surface area contributed by atoms with Gasteiger partial charge in [-0.1, -0.05) is 6.92 Å². The highest BCUT2D eigenvalue weighted by Gasteiger charge is 2.30. The van der Waals surface area contributed by atoms with Crippen LogP contribution in [0, 0.1) is 5.92 Å². The van der Waals surface area contributed by atoms with E-state index in [1.165, 1.54) is 0 Å². The monoisotopic (exact) mass is 250 g/mol. The molecule has 1 aromatic heterocycles. The molecule has 5 nitrogen and oxygen atoms in total. The molecule has 1 fully saturated rings. The van der Waals surface area contributed by atoms with E-state index < -0.39 is 0 Å². The third kappa shape index (κ3) is 2.72. The highest BCUT2D eigenvalue weighted by atomic mass is 16.2. The van der Waals surface area contributed by atoms with Crippen LogP contribution >= 0.6 is 0 Å². The largest absolute Gasteiger partial charge is 0.351 e. The summed E-state index contributed by atoms with van der Waals surface area (Å²) in [4.78, 5) is 16.1. The van der Waals surface area contributed by atoms with Crippen LogP contribution in [0.25, 0.3) is 0 Å². The van der Waals surface area contributed by atoms with Gasteiger partial charge in [0.2, 0.25) is 5.91 Å². The van der Waals surface area contributed by atoms with Crippen molar-refractivity contribution < 1.29 is 4.79 Å². The lowest BCUT2D eigenvalue weighted by Crippen LogP contribution is -2.43. The minimum absolute atomic E-state index is 0.0611. The van der Waals surface area contributed by atoms with Crippen LogP contribution in [0.3, 0.4) is 0 Å². The minimum atomic E-state index is -0.0611. The van der Waals surface area contributed by atoms with Gasteiger partial charge < -0.3 is 15.6 Å². The van der Waals surface area contributed by atoms with E-state index in [1.54, 1.807) is 6.20 Å². The predicted molar refractivity (Wildman–Crippen MR) is 69.9 cm³/mol. The number of imidazole rings is 1. The summed E-state index contributed by atoms with van der Waals surface area (Å²) < 4.78 is 2.10. The summed E-state index contributed by atoms with van der Waals surface area (Å²) in [6, 6.07) is 0.555. The molecule has 0 aliphatic heterocycles. The van der Waals surface area contributed by atoms with Gasteiger partial charge in [-0.25, -0.2) is 4.98 Å². The molecule has 0 spiro atoms. The zero-order valence-electron chi connectivity index (χ0n) is 10.9. The van der Waals surface area contributed by atoms with Crippen molar-refractivity contribution in [3.63, 3.8) is 0 Å². The highest BCUT2D eigenvalue weighted by molar-refractivity contribution is 5.79. The first-order valence-electron chi connectivity index (χ1n) is 6.74. The molecule has 100 valence electrons. The van der Waals surface area contributed by atoms with Crippen molar-refractivity contribution in [1.29, 1.82) is 0 Å². The third-order valence-corrected chi connectivity index (χ3v) is 3.86. The first-order valence-corrected chi connectivity index (χ1v) is 6.74. The molecule has 3 N–H and O–H groups in total. The van der Waals surface area contributed by atoms with Crippen LogP contribution in [-0.4, -0.2) is 28.0 Å². The molecule has 0 saturated heterocycles. The molecule has 3 atom stereocenters. The fourth-order valence-electron chi connectivity index (χ4n) is 2.69. The van der Waals surface area contributed by atoms with Crippen molar-refractivity contribution in [2.75, 3.05) is 6.54 Å². The molecular formula is C13H22N4O. The normalized spacial score (nSPS) is 25.0. The van der Waals surface area contributed by atoms with Crippen molar-refractivity contribution in [2.45, 2.75) is 44.7 Å². The number of nitrogens with one attached hydrogen (secondary N) is 1. The van der Waals surface area contributed by atoms with Gasteiger partial charge in [-0.05, 0) is 25.7 Å². The summed E-state index contributed by atoms with van der Waals surface area (Å²) in [5.74, 6) is 0.0334. The summed E-state index contributed by atoms with van der Waals surface area (Å²) in [6.07, 6.45) is 9.66. The Morgan fingerprint density at radius 2 is 2.44 bits per heavy atom. The molecule has 1 amide bonds. The molecule has 5 heteroatoms. The molecule has 0 radical (unpaired) electrons. The van der Waals surface area contributed by atoms with Gasteiger partial charge in [0.15, 0.2) is 0 Å². The highest BCUT2D eigenvalue weighted by Crippen LogP contribution is 2.30. The lowest BCUT2D eigenvalue weighted by Gasteiger charge is -2.24. The van der Waals surface area contributed by atoms with E-state index in [0.29, 0.717) is 12.6 Å². The predicted octanol–water partition coefficient (Wildman–Crippen LogP) is 1.08. The lowest BCUT2D eigenvalue weighted by molar-refractivity contribution is -0.125. The van der Waals surface area contributed by atoms with Gasteiger partial charge in [-0.15, -0.1) is 0 Å². The second kappa shape index (κ2) is 6.00. The van der Waals surface area contributed by atoms with Gasteiger partial charge >= 0.3 is 0 Å². The number of hydrogen-bond donors (Lipinski definition) is 2. The van der Waals surface area contributed by atoms with Crippen molar-refractivity contribution >= 4 is 5.91 Å². The van der Waals surface area contributed by atoms with Crippen molar-refractivity contribution in [3.05, 3.63) is 18.7 Å². The Morgan fingerprint density at radius 3 is 3.06 bits per heavy atom. The molecule has 18 heavy (non-hydrogen) atoms. The van der Waals surface area contributed by atoms with Gasteiger partial charge in [0.1, 0.15) is 0 Å². The fraction of sp³-hybridized carbons (Fsp3) is 0.692. The number of nitrogens with two attached hydrogens (primary N) is 1. The Kier molecular flexibility index (Phi) is 4.36. The second-order valence-electron chi connectivity index (χ2n) is 4.96. The topological polar surface area (TPSA) is 72.9 Å². The fourth-order valence-corrected chi connectivity index (χ4v) is 2.69. The van der Waals surface area contributed by atoms with E-state index in [-0.39, 0.29) is 17.9 Å². The average molecular weight is 250 g/mol. The molecule has 1 aliphatic carbocycles. The minimum Gasteiger partial charge on any atom is -0.351 e. The Balaban J connectivity index is 1.98. The van der Waals surface area contributed by atoms with E-state index in [4.69, 9.17) is 5.73 Å². The smallest absolute Gasteiger partial charge is 0.224 e. The van der Waals surface area contributed by atoms with Gasteiger partial charge in [0.25, 0.3) is 0 Å². The molecule has 3 unspecified atom stereocenters. The van der Waals surface area contributed by atoms with Crippen LogP contribution in [-0.2, 0) is 4.79 Å². The molecule has 0 bridgehead atoms. The standard InChI is InChI=1S/C13H22N4O/c1-2-10(8-14)13(18)16-11-4-3-5-12(11)17-7-6-15-9-17/h6-7,9-12H,2-5,8,14H2,1H3,(H,16,18). The number of aromatic nitrogens is 2. The number of rotatable bonds is 5. The number of carbonyl (C=O) groups is 1. The Hall–Kier alpha value is -1.36. The van der Waals surface area contributed by atoms with E-state index in [0.717, 1.165) is 25.7 Å². The molecule has 1 aromatic rings. The van der Waals surface area contributed by atoms with Gasteiger partial charge in [-0.3, -0.25) is 4.79 Å². The van der Waals surface area contributed by atoms with Crippen LogP contribution in [0.2, 0.25) is 0 Å². The first kappa shape index (κ1) is 13.1. The number of carbonyl (C=O) groups excluding carboxylic acids is 1.